The van der Waals surface area contributed by atoms with Crippen LogP contribution in [0.2, 0.25) is 5.02 Å². The molecule has 30 heavy (non-hydrogen) atoms. The Kier molecular flexibility index (Phi) is 8.06. The number of primary amides is 1. The van der Waals surface area contributed by atoms with E-state index in [9.17, 15) is 14.0 Å². The van der Waals surface area contributed by atoms with Crippen molar-refractivity contribution in [3.05, 3.63) is 45.7 Å². The zero-order valence-corrected chi connectivity index (χ0v) is 18.7. The van der Waals surface area contributed by atoms with Crippen LogP contribution in [0.5, 0.6) is 0 Å². The van der Waals surface area contributed by atoms with Crippen LogP contribution in [-0.2, 0) is 27.3 Å². The molecule has 0 radical (unpaired) electrons. The molecule has 162 valence electrons. The third-order valence-corrected chi connectivity index (χ3v) is 6.77. The molecule has 3 rings (SSSR count). The summed E-state index contributed by atoms with van der Waals surface area (Å²) in [6, 6.07) is 4.71. The highest BCUT2D eigenvalue weighted by Gasteiger charge is 2.25. The Balaban J connectivity index is 1.58. The lowest BCUT2D eigenvalue weighted by Crippen LogP contribution is -2.46. The molecule has 1 aliphatic heterocycles. The number of hydrogen-bond acceptors (Lipinski definition) is 7. The third-order valence-electron chi connectivity index (χ3n) is 4.41. The molecular weight excluding hydrogens is 451 g/mol. The molecule has 2 N–H and O–H groups in total. The maximum Gasteiger partial charge on any atom is 0.229 e. The van der Waals surface area contributed by atoms with Crippen LogP contribution in [-0.4, -0.2) is 58.3 Å². The number of carbonyl (C=O) groups is 2. The largest absolute Gasteiger partial charge is 0.374 e. The van der Waals surface area contributed by atoms with E-state index in [1.807, 2.05) is 0 Å². The van der Waals surface area contributed by atoms with Crippen LogP contribution in [0.15, 0.2) is 27.9 Å². The number of ether oxygens (including phenoxy) is 1. The first-order valence-electron chi connectivity index (χ1n) is 9.27. The van der Waals surface area contributed by atoms with E-state index < -0.39 is 11.7 Å². The molecule has 1 fully saturated rings. The van der Waals surface area contributed by atoms with Crippen molar-refractivity contribution < 1.29 is 18.7 Å². The SMILES string of the molecule is CC(=O)N(C[C@@H]1CN(Cc2ccc(F)c(Cl)c2)CCO1)Sc1nc(CC(N)=O)cs1. The minimum atomic E-state index is -0.446. The van der Waals surface area contributed by atoms with Gasteiger partial charge in [-0.25, -0.2) is 9.37 Å². The summed E-state index contributed by atoms with van der Waals surface area (Å²) in [6.45, 7) is 4.41. The van der Waals surface area contributed by atoms with E-state index in [2.05, 4.69) is 9.88 Å². The van der Waals surface area contributed by atoms with Crippen LogP contribution in [0.1, 0.15) is 18.2 Å². The highest BCUT2D eigenvalue weighted by Crippen LogP contribution is 2.28. The average molecular weight is 473 g/mol. The van der Waals surface area contributed by atoms with Crippen molar-refractivity contribution >= 4 is 46.7 Å². The van der Waals surface area contributed by atoms with E-state index in [0.29, 0.717) is 36.3 Å². The van der Waals surface area contributed by atoms with Gasteiger partial charge in [-0.2, -0.15) is 0 Å². The van der Waals surface area contributed by atoms with Crippen LogP contribution in [0.25, 0.3) is 0 Å². The first kappa shape index (κ1) is 23.0. The molecule has 0 aliphatic carbocycles. The molecule has 2 aromatic rings. The van der Waals surface area contributed by atoms with Gasteiger partial charge < -0.3 is 10.5 Å². The fourth-order valence-corrected chi connectivity index (χ4v) is 5.08. The molecule has 0 saturated carbocycles. The Morgan fingerprint density at radius 2 is 2.30 bits per heavy atom. The summed E-state index contributed by atoms with van der Waals surface area (Å²) >= 11 is 8.46. The van der Waals surface area contributed by atoms with Crippen LogP contribution in [0.4, 0.5) is 4.39 Å². The summed E-state index contributed by atoms with van der Waals surface area (Å²) in [6.07, 6.45) is -0.0956. The maximum atomic E-state index is 13.4. The Hall–Kier alpha value is -1.72. The van der Waals surface area contributed by atoms with Crippen molar-refractivity contribution in [3.63, 3.8) is 0 Å². The summed E-state index contributed by atoms with van der Waals surface area (Å²) in [5.74, 6) is -0.994. The third kappa shape index (κ3) is 6.64. The number of carbonyl (C=O) groups excluding carboxylic acids is 2. The molecule has 0 unspecified atom stereocenters. The molecule has 7 nitrogen and oxygen atoms in total. The zero-order valence-electron chi connectivity index (χ0n) is 16.3. The second kappa shape index (κ2) is 10.5. The number of aromatic nitrogens is 1. The molecule has 0 spiro atoms. The van der Waals surface area contributed by atoms with Crippen molar-refractivity contribution in [2.75, 3.05) is 26.2 Å². The number of halogens is 2. The van der Waals surface area contributed by atoms with E-state index in [1.165, 1.54) is 36.3 Å². The van der Waals surface area contributed by atoms with Gasteiger partial charge in [0.25, 0.3) is 0 Å². The molecule has 1 aromatic heterocycles. The summed E-state index contributed by atoms with van der Waals surface area (Å²) in [5.41, 5.74) is 6.71. The molecular formula is C19H22ClFN4O3S2. The van der Waals surface area contributed by atoms with Crippen LogP contribution in [0.3, 0.4) is 0 Å². The van der Waals surface area contributed by atoms with E-state index in [0.717, 1.165) is 12.1 Å². The minimum Gasteiger partial charge on any atom is -0.374 e. The topological polar surface area (TPSA) is 88.8 Å². The monoisotopic (exact) mass is 472 g/mol. The Labute approximate surface area is 187 Å². The standard InChI is InChI=1S/C19H22ClFN4O3S2/c1-12(26)25(30-19-23-14(11-29-19)7-18(22)27)10-15-9-24(4-5-28-15)8-13-2-3-17(21)16(20)6-13/h2-3,6,11,15H,4-5,7-10H2,1H3,(H2,22,27)/t15-/m0/s1. The minimum absolute atomic E-state index is 0.0746. The van der Waals surface area contributed by atoms with Gasteiger partial charge in [-0.1, -0.05) is 17.7 Å². The number of rotatable bonds is 8. The number of morpholine rings is 1. The quantitative estimate of drug-likeness (QED) is 0.594. The molecule has 1 atom stereocenters. The van der Waals surface area contributed by atoms with E-state index >= 15 is 0 Å². The van der Waals surface area contributed by atoms with Crippen molar-refractivity contribution in [1.82, 2.24) is 14.2 Å². The summed E-state index contributed by atoms with van der Waals surface area (Å²) in [7, 11) is 0. The number of nitrogens with zero attached hydrogens (tertiary/aromatic N) is 3. The Bertz CT molecular complexity index is 914. The molecule has 1 aromatic carbocycles. The maximum absolute atomic E-state index is 13.4. The van der Waals surface area contributed by atoms with Gasteiger partial charge in [0.1, 0.15) is 5.82 Å². The van der Waals surface area contributed by atoms with E-state index in [1.54, 1.807) is 21.8 Å². The summed E-state index contributed by atoms with van der Waals surface area (Å²) in [5, 5.41) is 1.87. The van der Waals surface area contributed by atoms with Gasteiger partial charge in [-0.3, -0.25) is 18.8 Å². The Morgan fingerprint density at radius 3 is 3.00 bits per heavy atom. The smallest absolute Gasteiger partial charge is 0.229 e. The fraction of sp³-hybridized carbons (Fsp3) is 0.421. The second-order valence-corrected chi connectivity index (χ2v) is 9.43. The Morgan fingerprint density at radius 1 is 1.50 bits per heavy atom. The molecule has 2 amide bonds. The number of hydrogen-bond donors (Lipinski definition) is 1. The van der Waals surface area contributed by atoms with Gasteiger partial charge in [0.15, 0.2) is 4.34 Å². The fourth-order valence-electron chi connectivity index (χ4n) is 3.03. The van der Waals surface area contributed by atoms with Crippen molar-refractivity contribution in [3.8, 4) is 0 Å². The average Bonchev–Trinajstić information content (AvgIpc) is 3.10. The van der Waals surface area contributed by atoms with Gasteiger partial charge in [0, 0.05) is 43.9 Å². The summed E-state index contributed by atoms with van der Waals surface area (Å²) < 4.78 is 21.5. The number of thiazole rings is 1. The van der Waals surface area contributed by atoms with Gasteiger partial charge in [0.05, 0.1) is 36.4 Å². The lowest BCUT2D eigenvalue weighted by molar-refractivity contribution is -0.126. The predicted octanol–water partition coefficient (Wildman–Crippen LogP) is 2.72. The highest BCUT2D eigenvalue weighted by molar-refractivity contribution is 7.99. The predicted molar refractivity (Wildman–Crippen MR) is 115 cm³/mol. The number of nitrogens with two attached hydrogens (primary N) is 1. The lowest BCUT2D eigenvalue weighted by Gasteiger charge is -2.35. The number of benzene rings is 1. The van der Waals surface area contributed by atoms with Gasteiger partial charge in [0.2, 0.25) is 11.8 Å². The van der Waals surface area contributed by atoms with Crippen molar-refractivity contribution in [1.29, 1.82) is 0 Å². The van der Waals surface area contributed by atoms with E-state index in [4.69, 9.17) is 22.1 Å². The second-order valence-electron chi connectivity index (χ2n) is 6.90. The molecule has 1 saturated heterocycles. The van der Waals surface area contributed by atoms with Crippen LogP contribution < -0.4 is 5.73 Å². The van der Waals surface area contributed by atoms with Crippen LogP contribution in [0, 0.1) is 5.82 Å². The molecule has 1 aliphatic rings. The van der Waals surface area contributed by atoms with Gasteiger partial charge >= 0.3 is 0 Å². The highest BCUT2D eigenvalue weighted by atomic mass is 35.5. The van der Waals surface area contributed by atoms with Gasteiger partial charge in [-0.15, -0.1) is 11.3 Å². The molecule has 2 heterocycles. The van der Waals surface area contributed by atoms with Crippen molar-refractivity contribution in [2.45, 2.75) is 30.3 Å². The lowest BCUT2D eigenvalue weighted by atomic mass is 10.2. The first-order valence-corrected chi connectivity index (χ1v) is 11.3. The first-order chi connectivity index (χ1) is 14.3. The van der Waals surface area contributed by atoms with E-state index in [-0.39, 0.29) is 23.5 Å². The summed E-state index contributed by atoms with van der Waals surface area (Å²) in [4.78, 5) is 29.7. The van der Waals surface area contributed by atoms with Crippen LogP contribution >= 0.6 is 34.9 Å². The normalized spacial score (nSPS) is 17.1. The zero-order chi connectivity index (χ0) is 21.7. The number of amides is 2. The van der Waals surface area contributed by atoms with Crippen molar-refractivity contribution in [2.24, 2.45) is 5.73 Å². The molecule has 0 bridgehead atoms. The molecule has 11 heteroatoms. The van der Waals surface area contributed by atoms with Gasteiger partial charge in [-0.05, 0) is 17.7 Å².